The first-order valence-electron chi connectivity index (χ1n) is 3.41. The maximum Gasteiger partial charge on any atom is 0.217 e. The van der Waals surface area contributed by atoms with E-state index >= 15 is 0 Å². The molecule has 58 valence electrons. The van der Waals surface area contributed by atoms with Crippen LogP contribution < -0.4 is 5.73 Å². The van der Waals surface area contributed by atoms with Gasteiger partial charge in [-0.05, 0) is 5.92 Å². The maximum atomic E-state index is 10.0. The number of carbonyl (C=O) groups is 1. The molecule has 0 aromatic carbocycles. The number of hydrogen-bond donors (Lipinski definition) is 1. The molecular weight excluding hydrogens is 114 g/mol. The Kier molecular flexibility index (Phi) is 9.37. The standard InChI is InChI=1S/C5H11NO.C2H6.H2/c1-4(2)3-5(6)7;1-2;/h4H,3H2,1-2H3,(H2,6,7);1-2H3;1H. The summed E-state index contributed by atoms with van der Waals surface area (Å²) in [7, 11) is 0. The zero-order valence-electron chi connectivity index (χ0n) is 6.77. The van der Waals surface area contributed by atoms with Gasteiger partial charge in [-0.15, -0.1) is 0 Å². The number of carbonyl (C=O) groups excluding carboxylic acids is 1. The average Bonchev–Trinajstić information content (AvgIpc) is 1.68. The van der Waals surface area contributed by atoms with E-state index in [1.807, 2.05) is 27.7 Å². The maximum absolute atomic E-state index is 10.0. The van der Waals surface area contributed by atoms with Crippen molar-refractivity contribution in [2.75, 3.05) is 0 Å². The zero-order valence-corrected chi connectivity index (χ0v) is 6.77. The van der Waals surface area contributed by atoms with E-state index in [0.717, 1.165) is 0 Å². The van der Waals surface area contributed by atoms with Crippen LogP contribution in [-0.4, -0.2) is 5.91 Å². The van der Waals surface area contributed by atoms with Crippen molar-refractivity contribution >= 4 is 5.91 Å². The molecule has 0 fully saturated rings. The minimum Gasteiger partial charge on any atom is -0.370 e. The van der Waals surface area contributed by atoms with Crippen LogP contribution in [0.25, 0.3) is 0 Å². The summed E-state index contributed by atoms with van der Waals surface area (Å²) in [5.41, 5.74) is 4.85. The van der Waals surface area contributed by atoms with Gasteiger partial charge in [0.05, 0.1) is 0 Å². The number of amides is 1. The van der Waals surface area contributed by atoms with Gasteiger partial charge in [0, 0.05) is 7.85 Å². The highest BCUT2D eigenvalue weighted by Gasteiger charge is 1.96. The second kappa shape index (κ2) is 7.47. The van der Waals surface area contributed by atoms with Gasteiger partial charge in [0.1, 0.15) is 0 Å². The molecule has 0 spiro atoms. The Balaban J connectivity index is -0.000000149. The quantitative estimate of drug-likeness (QED) is 0.613. The Morgan fingerprint density at radius 3 is 1.89 bits per heavy atom. The largest absolute Gasteiger partial charge is 0.370 e. The van der Waals surface area contributed by atoms with E-state index in [4.69, 9.17) is 5.73 Å². The smallest absolute Gasteiger partial charge is 0.217 e. The molecule has 0 saturated heterocycles. The van der Waals surface area contributed by atoms with Crippen LogP contribution in [0.15, 0.2) is 0 Å². The summed E-state index contributed by atoms with van der Waals surface area (Å²) in [6.45, 7) is 7.93. The highest BCUT2D eigenvalue weighted by atomic mass is 16.1. The van der Waals surface area contributed by atoms with Gasteiger partial charge in [-0.3, -0.25) is 4.79 Å². The van der Waals surface area contributed by atoms with E-state index in [1.54, 1.807) is 0 Å². The molecule has 0 aliphatic heterocycles. The van der Waals surface area contributed by atoms with E-state index in [-0.39, 0.29) is 7.33 Å². The fraction of sp³-hybridized carbons (Fsp3) is 0.857. The summed E-state index contributed by atoms with van der Waals surface area (Å²) in [5.74, 6) is 0.188. The third-order valence-corrected chi connectivity index (χ3v) is 0.609. The van der Waals surface area contributed by atoms with E-state index < -0.39 is 0 Å². The molecule has 2 N–H and O–H groups in total. The lowest BCUT2D eigenvalue weighted by Gasteiger charge is -1.95. The van der Waals surface area contributed by atoms with E-state index in [1.165, 1.54) is 0 Å². The molecule has 0 radical (unpaired) electrons. The second-order valence-corrected chi connectivity index (χ2v) is 2.06. The highest BCUT2D eigenvalue weighted by Crippen LogP contribution is 1.95. The summed E-state index contributed by atoms with van der Waals surface area (Å²) < 4.78 is 0. The van der Waals surface area contributed by atoms with Crippen molar-refractivity contribution in [1.29, 1.82) is 0 Å². The van der Waals surface area contributed by atoms with Crippen molar-refractivity contribution < 1.29 is 6.22 Å². The van der Waals surface area contributed by atoms with Gasteiger partial charge in [0.2, 0.25) is 5.91 Å². The monoisotopic (exact) mass is 133 g/mol. The Labute approximate surface area is 58.9 Å². The van der Waals surface area contributed by atoms with Crippen molar-refractivity contribution in [3.05, 3.63) is 0 Å². The van der Waals surface area contributed by atoms with Gasteiger partial charge < -0.3 is 5.73 Å². The summed E-state index contributed by atoms with van der Waals surface area (Å²) in [6, 6.07) is 0. The molecule has 1 amide bonds. The number of primary amides is 1. The van der Waals surface area contributed by atoms with E-state index in [2.05, 4.69) is 0 Å². The lowest BCUT2D eigenvalue weighted by Crippen LogP contribution is -2.12. The predicted octanol–water partition coefficient (Wildman–Crippen LogP) is 1.79. The molecule has 0 aliphatic rings. The third kappa shape index (κ3) is 18.6. The molecule has 9 heavy (non-hydrogen) atoms. The van der Waals surface area contributed by atoms with Crippen LogP contribution in [0.5, 0.6) is 0 Å². The molecule has 0 aliphatic carbocycles. The summed E-state index contributed by atoms with van der Waals surface area (Å²) >= 11 is 0. The van der Waals surface area contributed by atoms with Gasteiger partial charge in [0.15, 0.2) is 0 Å². The first-order chi connectivity index (χ1) is 4.13. The van der Waals surface area contributed by atoms with Gasteiger partial charge >= 0.3 is 0 Å². The average molecular weight is 133 g/mol. The van der Waals surface area contributed by atoms with Gasteiger partial charge in [-0.25, -0.2) is 0 Å². The molecule has 0 heterocycles. The molecule has 0 aromatic rings. The summed E-state index contributed by atoms with van der Waals surface area (Å²) in [4.78, 5) is 10.0. The third-order valence-electron chi connectivity index (χ3n) is 0.609. The van der Waals surface area contributed by atoms with Crippen LogP contribution in [0.2, 0.25) is 0 Å². The molecule has 0 saturated carbocycles. The van der Waals surface area contributed by atoms with Crippen LogP contribution >= 0.6 is 0 Å². The minimum atomic E-state index is -0.213. The Hall–Kier alpha value is -0.530. The first kappa shape index (κ1) is 11.3. The SMILES string of the molecule is CC.CC(C)CC(N)=O.[HH]. The number of nitrogens with two attached hydrogens (primary N) is 1. The summed E-state index contributed by atoms with van der Waals surface area (Å²) in [6.07, 6.45) is 0.500. The molecule has 0 rings (SSSR count). The molecule has 0 atom stereocenters. The van der Waals surface area contributed by atoms with Crippen LogP contribution in [-0.2, 0) is 4.79 Å². The van der Waals surface area contributed by atoms with Crippen molar-refractivity contribution in [3.8, 4) is 0 Å². The molecule has 0 unspecified atom stereocenters. The highest BCUT2D eigenvalue weighted by molar-refractivity contribution is 5.73. The van der Waals surface area contributed by atoms with Crippen LogP contribution in [0, 0.1) is 5.92 Å². The van der Waals surface area contributed by atoms with Crippen LogP contribution in [0.1, 0.15) is 35.5 Å². The normalized spacial score (nSPS) is 8.11. The molecule has 0 aromatic heterocycles. The van der Waals surface area contributed by atoms with Gasteiger partial charge in [-0.1, -0.05) is 27.7 Å². The summed E-state index contributed by atoms with van der Waals surface area (Å²) in [5, 5.41) is 0. The Morgan fingerprint density at radius 2 is 1.89 bits per heavy atom. The zero-order chi connectivity index (χ0) is 7.86. The molecule has 2 nitrogen and oxygen atoms in total. The van der Waals surface area contributed by atoms with E-state index in [0.29, 0.717) is 12.3 Å². The van der Waals surface area contributed by atoms with E-state index in [9.17, 15) is 4.79 Å². The van der Waals surface area contributed by atoms with Crippen LogP contribution in [0.3, 0.4) is 0 Å². The lowest BCUT2D eigenvalue weighted by atomic mass is 10.1. The number of hydrogen-bond acceptors (Lipinski definition) is 1. The van der Waals surface area contributed by atoms with Crippen molar-refractivity contribution in [2.45, 2.75) is 34.1 Å². The topological polar surface area (TPSA) is 43.1 Å². The Morgan fingerprint density at radius 1 is 1.56 bits per heavy atom. The van der Waals surface area contributed by atoms with Crippen molar-refractivity contribution in [3.63, 3.8) is 0 Å². The fourth-order valence-corrected chi connectivity index (χ4v) is 0.402. The Bertz CT molecular complexity index is 74.0. The lowest BCUT2D eigenvalue weighted by molar-refractivity contribution is -0.118. The predicted molar refractivity (Wildman–Crippen MR) is 42.1 cm³/mol. The van der Waals surface area contributed by atoms with Crippen molar-refractivity contribution in [2.24, 2.45) is 11.7 Å². The molecule has 2 heteroatoms. The molecular formula is C7H19NO. The van der Waals surface area contributed by atoms with Gasteiger partial charge in [-0.2, -0.15) is 0 Å². The molecule has 0 bridgehead atoms. The van der Waals surface area contributed by atoms with Crippen molar-refractivity contribution in [1.82, 2.24) is 0 Å². The number of rotatable bonds is 2. The van der Waals surface area contributed by atoms with Gasteiger partial charge in [0.25, 0.3) is 0 Å². The second-order valence-electron chi connectivity index (χ2n) is 2.06. The van der Waals surface area contributed by atoms with Crippen LogP contribution in [0.4, 0.5) is 0 Å². The minimum absolute atomic E-state index is 0. The first-order valence-corrected chi connectivity index (χ1v) is 3.41. The fourth-order valence-electron chi connectivity index (χ4n) is 0.402.